The Morgan fingerprint density at radius 1 is 1.43 bits per heavy atom. The highest BCUT2D eigenvalue weighted by molar-refractivity contribution is 5.76. The summed E-state index contributed by atoms with van der Waals surface area (Å²) in [5.41, 5.74) is -0.534. The average Bonchev–Trinajstić information content (AvgIpc) is 2.35. The number of morpholine rings is 1. The Morgan fingerprint density at radius 3 is 2.52 bits per heavy atom. The molecule has 122 valence electrons. The van der Waals surface area contributed by atoms with Crippen molar-refractivity contribution < 1.29 is 24.5 Å². The van der Waals surface area contributed by atoms with Crippen LogP contribution in [0.15, 0.2) is 0 Å². The molecule has 1 fully saturated rings. The van der Waals surface area contributed by atoms with Crippen LogP contribution >= 0.6 is 0 Å². The van der Waals surface area contributed by atoms with E-state index in [1.807, 2.05) is 27.7 Å². The predicted octanol–water partition coefficient (Wildman–Crippen LogP) is 0.525. The van der Waals surface area contributed by atoms with Crippen molar-refractivity contribution in [2.45, 2.75) is 39.4 Å². The molecule has 3 N–H and O–H groups in total. The zero-order valence-electron chi connectivity index (χ0n) is 13.1. The lowest BCUT2D eigenvalue weighted by Gasteiger charge is -2.42. The number of nitrogens with zero attached hydrogens (tertiary/aromatic N) is 1. The van der Waals surface area contributed by atoms with Crippen LogP contribution in [0.25, 0.3) is 0 Å². The normalized spacial score (nSPS) is 23.0. The van der Waals surface area contributed by atoms with Gasteiger partial charge < -0.3 is 25.2 Å². The van der Waals surface area contributed by atoms with Gasteiger partial charge in [-0.15, -0.1) is 0 Å². The van der Waals surface area contributed by atoms with Crippen molar-refractivity contribution in [2.75, 3.05) is 26.2 Å². The fourth-order valence-electron chi connectivity index (χ4n) is 2.46. The summed E-state index contributed by atoms with van der Waals surface area (Å²) in [6, 6.07) is -0.322. The van der Waals surface area contributed by atoms with Crippen LogP contribution in [-0.4, -0.2) is 65.1 Å². The largest absolute Gasteiger partial charge is 0.481 e. The van der Waals surface area contributed by atoms with Gasteiger partial charge in [-0.1, -0.05) is 13.8 Å². The fourth-order valence-corrected chi connectivity index (χ4v) is 2.46. The summed E-state index contributed by atoms with van der Waals surface area (Å²) in [7, 11) is 0. The van der Waals surface area contributed by atoms with Crippen molar-refractivity contribution in [3.05, 3.63) is 0 Å². The number of rotatable bonds is 5. The number of hydrogen-bond donors (Lipinski definition) is 3. The number of urea groups is 1. The molecular formula is C14H26N2O5. The van der Waals surface area contributed by atoms with Gasteiger partial charge in [0.1, 0.15) is 0 Å². The monoisotopic (exact) mass is 302 g/mol. The van der Waals surface area contributed by atoms with Crippen molar-refractivity contribution in [1.82, 2.24) is 10.2 Å². The zero-order chi connectivity index (χ0) is 16.2. The van der Waals surface area contributed by atoms with Crippen molar-refractivity contribution in [3.63, 3.8) is 0 Å². The molecule has 0 aromatic carbocycles. The van der Waals surface area contributed by atoms with Crippen LogP contribution in [0.5, 0.6) is 0 Å². The maximum atomic E-state index is 12.2. The lowest BCUT2D eigenvalue weighted by atomic mass is 9.96. The second kappa shape index (κ2) is 7.09. The van der Waals surface area contributed by atoms with Crippen LogP contribution in [0, 0.1) is 11.8 Å². The maximum absolute atomic E-state index is 12.2. The molecule has 0 saturated carbocycles. The Balaban J connectivity index is 2.60. The van der Waals surface area contributed by atoms with Gasteiger partial charge in [0.05, 0.1) is 37.3 Å². The molecule has 0 aromatic heterocycles. The highest BCUT2D eigenvalue weighted by Gasteiger charge is 2.35. The summed E-state index contributed by atoms with van der Waals surface area (Å²) >= 11 is 0. The quantitative estimate of drug-likeness (QED) is 0.688. The van der Waals surface area contributed by atoms with E-state index in [0.29, 0.717) is 13.1 Å². The molecule has 1 heterocycles. The smallest absolute Gasteiger partial charge is 0.317 e. The second-order valence-corrected chi connectivity index (χ2v) is 6.44. The number of aliphatic hydroxyl groups is 1. The van der Waals surface area contributed by atoms with Crippen molar-refractivity contribution >= 4 is 12.0 Å². The van der Waals surface area contributed by atoms with Gasteiger partial charge in [0.2, 0.25) is 0 Å². The Labute approximate surface area is 125 Å². The molecule has 1 aliphatic rings. The number of carboxylic acids is 1. The standard InChI is InChI=1S/C14H26N2O5/c1-9(2)11(12(18)19)5-15-13(20)16-6-10(7-17)21-14(3,4)8-16/h9-11,17H,5-8H2,1-4H3,(H,15,20)(H,18,19). The van der Waals surface area contributed by atoms with Crippen LogP contribution in [0.4, 0.5) is 4.79 Å². The summed E-state index contributed by atoms with van der Waals surface area (Å²) in [5.74, 6) is -1.59. The van der Waals surface area contributed by atoms with Gasteiger partial charge in [0.25, 0.3) is 0 Å². The molecule has 2 amide bonds. The van der Waals surface area contributed by atoms with E-state index in [4.69, 9.17) is 9.84 Å². The van der Waals surface area contributed by atoms with Crippen molar-refractivity contribution in [2.24, 2.45) is 11.8 Å². The molecule has 7 heteroatoms. The SMILES string of the molecule is CC(C)C(CNC(=O)N1CC(CO)OC(C)(C)C1)C(=O)O. The minimum Gasteiger partial charge on any atom is -0.481 e. The van der Waals surface area contributed by atoms with Crippen LogP contribution in [0.3, 0.4) is 0 Å². The Kier molecular flexibility index (Phi) is 5.98. The number of nitrogens with one attached hydrogen (secondary N) is 1. The summed E-state index contributed by atoms with van der Waals surface area (Å²) in [5, 5.41) is 21.0. The Bertz CT molecular complexity index is 384. The third-order valence-electron chi connectivity index (χ3n) is 3.57. The lowest BCUT2D eigenvalue weighted by Crippen LogP contribution is -2.58. The van der Waals surface area contributed by atoms with Crippen LogP contribution in [0.2, 0.25) is 0 Å². The molecule has 0 aromatic rings. The minimum atomic E-state index is -0.916. The van der Waals surface area contributed by atoms with E-state index in [1.165, 1.54) is 0 Å². The minimum absolute atomic E-state index is 0.0610. The second-order valence-electron chi connectivity index (χ2n) is 6.44. The van der Waals surface area contributed by atoms with Crippen LogP contribution in [-0.2, 0) is 9.53 Å². The van der Waals surface area contributed by atoms with Crippen LogP contribution in [0.1, 0.15) is 27.7 Å². The number of amides is 2. The molecule has 2 atom stereocenters. The number of carbonyl (C=O) groups is 2. The van der Waals surface area contributed by atoms with E-state index >= 15 is 0 Å². The number of aliphatic carboxylic acids is 1. The third kappa shape index (κ3) is 5.17. The summed E-state index contributed by atoms with van der Waals surface area (Å²) in [6.07, 6.45) is -0.417. The van der Waals surface area contributed by atoms with E-state index in [0.717, 1.165) is 0 Å². The molecule has 0 spiro atoms. The Morgan fingerprint density at radius 2 is 2.05 bits per heavy atom. The Hall–Kier alpha value is -1.34. The predicted molar refractivity (Wildman–Crippen MR) is 77.0 cm³/mol. The van der Waals surface area contributed by atoms with Gasteiger partial charge >= 0.3 is 12.0 Å². The maximum Gasteiger partial charge on any atom is 0.317 e. The van der Waals surface area contributed by atoms with Gasteiger partial charge in [-0.2, -0.15) is 0 Å². The van der Waals surface area contributed by atoms with Crippen molar-refractivity contribution in [3.8, 4) is 0 Å². The molecule has 21 heavy (non-hydrogen) atoms. The zero-order valence-corrected chi connectivity index (χ0v) is 13.1. The van der Waals surface area contributed by atoms with E-state index in [1.54, 1.807) is 4.90 Å². The molecule has 2 unspecified atom stereocenters. The lowest BCUT2D eigenvalue weighted by molar-refractivity contribution is -0.143. The van der Waals surface area contributed by atoms with Gasteiger partial charge in [0, 0.05) is 6.54 Å². The molecule has 0 radical (unpaired) electrons. The highest BCUT2D eigenvalue weighted by Crippen LogP contribution is 2.21. The number of hydrogen-bond acceptors (Lipinski definition) is 4. The number of ether oxygens (including phenoxy) is 1. The highest BCUT2D eigenvalue weighted by atomic mass is 16.5. The van der Waals surface area contributed by atoms with E-state index < -0.39 is 23.6 Å². The third-order valence-corrected chi connectivity index (χ3v) is 3.57. The number of carbonyl (C=O) groups excluding carboxylic acids is 1. The molecule has 0 bridgehead atoms. The van der Waals surface area contributed by atoms with Gasteiger partial charge in [-0.05, 0) is 19.8 Å². The summed E-state index contributed by atoms with van der Waals surface area (Å²) in [4.78, 5) is 24.9. The molecule has 1 saturated heterocycles. The molecular weight excluding hydrogens is 276 g/mol. The number of carboxylic acid groups (broad SMARTS) is 1. The van der Waals surface area contributed by atoms with Gasteiger partial charge in [-0.25, -0.2) is 4.79 Å². The molecule has 0 aliphatic carbocycles. The summed E-state index contributed by atoms with van der Waals surface area (Å²) in [6.45, 7) is 7.95. The first kappa shape index (κ1) is 17.7. The summed E-state index contributed by atoms with van der Waals surface area (Å²) < 4.78 is 5.64. The van der Waals surface area contributed by atoms with Gasteiger partial charge in [-0.3, -0.25) is 4.79 Å². The topological polar surface area (TPSA) is 99.1 Å². The van der Waals surface area contributed by atoms with Gasteiger partial charge in [0.15, 0.2) is 0 Å². The first-order valence-electron chi connectivity index (χ1n) is 7.20. The fraction of sp³-hybridized carbons (Fsp3) is 0.857. The average molecular weight is 302 g/mol. The van der Waals surface area contributed by atoms with Crippen LogP contribution < -0.4 is 5.32 Å². The van der Waals surface area contributed by atoms with Crippen molar-refractivity contribution in [1.29, 1.82) is 0 Å². The van der Waals surface area contributed by atoms with E-state index in [9.17, 15) is 14.7 Å². The van der Waals surface area contributed by atoms with E-state index in [-0.39, 0.29) is 25.1 Å². The molecule has 1 aliphatic heterocycles. The first-order valence-corrected chi connectivity index (χ1v) is 7.20. The first-order chi connectivity index (χ1) is 9.66. The molecule has 1 rings (SSSR count). The number of aliphatic hydroxyl groups excluding tert-OH is 1. The molecule has 7 nitrogen and oxygen atoms in total. The van der Waals surface area contributed by atoms with E-state index in [2.05, 4.69) is 5.32 Å².